The van der Waals surface area contributed by atoms with Crippen LogP contribution >= 0.6 is 11.3 Å². The Labute approximate surface area is 173 Å². The van der Waals surface area contributed by atoms with Gasteiger partial charge < -0.3 is 16.4 Å². The summed E-state index contributed by atoms with van der Waals surface area (Å²) in [5, 5.41) is 7.84. The second-order valence-electron chi connectivity index (χ2n) is 7.19. The number of thiophene rings is 1. The number of nitrogens with two attached hydrogens (primary N) is 1. The van der Waals surface area contributed by atoms with Gasteiger partial charge in [0.25, 0.3) is 5.91 Å². The van der Waals surface area contributed by atoms with Crippen molar-refractivity contribution >= 4 is 39.9 Å². The van der Waals surface area contributed by atoms with E-state index >= 15 is 0 Å². The van der Waals surface area contributed by atoms with E-state index < -0.39 is 11.9 Å². The lowest BCUT2D eigenvalue weighted by Crippen LogP contribution is -2.49. The third-order valence-electron chi connectivity index (χ3n) is 5.17. The molecule has 3 heterocycles. The van der Waals surface area contributed by atoms with Crippen LogP contribution in [0.4, 0.5) is 10.8 Å². The van der Waals surface area contributed by atoms with Crippen LogP contribution in [0.3, 0.4) is 0 Å². The van der Waals surface area contributed by atoms with Crippen molar-refractivity contribution in [1.82, 2.24) is 9.88 Å². The number of rotatable bonds is 6. The van der Waals surface area contributed by atoms with Crippen LogP contribution in [0.2, 0.25) is 0 Å². The van der Waals surface area contributed by atoms with Gasteiger partial charge in [0, 0.05) is 12.7 Å². The Morgan fingerprint density at radius 1 is 1.31 bits per heavy atom. The molecule has 0 spiro atoms. The number of nitrogens with one attached hydrogen (secondary N) is 2. The monoisotopic (exact) mass is 415 g/mol. The van der Waals surface area contributed by atoms with Gasteiger partial charge in [-0.3, -0.25) is 19.3 Å². The number of nitrogens with zero attached hydrogens (tertiary/aromatic N) is 2. The van der Waals surface area contributed by atoms with Crippen LogP contribution in [-0.4, -0.2) is 46.7 Å². The predicted octanol–water partition coefficient (Wildman–Crippen LogP) is 2.23. The topological polar surface area (TPSA) is 117 Å². The third-order valence-corrected chi connectivity index (χ3v) is 6.00. The van der Waals surface area contributed by atoms with Crippen LogP contribution in [0.15, 0.2) is 29.8 Å². The van der Waals surface area contributed by atoms with Gasteiger partial charge in [0.05, 0.1) is 17.5 Å². The number of carbonyl (C=O) groups excluding carboxylic acids is 3. The molecule has 0 aliphatic carbocycles. The number of carbonyl (C=O) groups is 3. The first kappa shape index (κ1) is 20.9. The molecule has 2 atom stereocenters. The molecule has 29 heavy (non-hydrogen) atoms. The van der Waals surface area contributed by atoms with Crippen molar-refractivity contribution in [1.29, 1.82) is 0 Å². The van der Waals surface area contributed by atoms with Gasteiger partial charge in [-0.2, -0.15) is 0 Å². The van der Waals surface area contributed by atoms with Crippen molar-refractivity contribution in [3.8, 4) is 0 Å². The molecule has 9 heteroatoms. The van der Waals surface area contributed by atoms with Crippen molar-refractivity contribution in [2.45, 2.75) is 32.7 Å². The zero-order chi connectivity index (χ0) is 21.0. The van der Waals surface area contributed by atoms with Crippen LogP contribution < -0.4 is 16.4 Å². The number of aromatic nitrogens is 1. The zero-order valence-electron chi connectivity index (χ0n) is 16.5. The van der Waals surface area contributed by atoms with Gasteiger partial charge in [-0.1, -0.05) is 6.07 Å². The molecule has 4 N–H and O–H groups in total. The van der Waals surface area contributed by atoms with E-state index in [0.717, 1.165) is 24.9 Å². The van der Waals surface area contributed by atoms with Crippen LogP contribution in [0.25, 0.3) is 0 Å². The number of piperidine rings is 1. The lowest BCUT2D eigenvalue weighted by atomic mass is 9.95. The highest BCUT2D eigenvalue weighted by Gasteiger charge is 2.31. The Kier molecular flexibility index (Phi) is 6.60. The molecule has 0 radical (unpaired) electrons. The number of anilines is 2. The maximum atomic E-state index is 12.7. The molecule has 1 aliphatic rings. The van der Waals surface area contributed by atoms with Crippen LogP contribution in [0, 0.1) is 12.8 Å². The van der Waals surface area contributed by atoms with Crippen molar-refractivity contribution in [2.24, 2.45) is 11.7 Å². The van der Waals surface area contributed by atoms with E-state index in [9.17, 15) is 14.4 Å². The van der Waals surface area contributed by atoms with E-state index in [1.54, 1.807) is 24.6 Å². The van der Waals surface area contributed by atoms with Crippen molar-refractivity contribution in [3.05, 3.63) is 40.9 Å². The van der Waals surface area contributed by atoms with Crippen molar-refractivity contribution < 1.29 is 14.4 Å². The Morgan fingerprint density at radius 2 is 2.10 bits per heavy atom. The van der Waals surface area contributed by atoms with Gasteiger partial charge in [-0.25, -0.2) is 4.98 Å². The molecule has 154 valence electrons. The minimum Gasteiger partial charge on any atom is -0.366 e. The lowest BCUT2D eigenvalue weighted by molar-refractivity contribution is -0.125. The van der Waals surface area contributed by atoms with E-state index in [1.807, 2.05) is 24.0 Å². The molecule has 0 saturated carbocycles. The van der Waals surface area contributed by atoms with E-state index in [0.29, 0.717) is 22.9 Å². The fourth-order valence-corrected chi connectivity index (χ4v) is 4.19. The summed E-state index contributed by atoms with van der Waals surface area (Å²) in [6, 6.07) is 4.87. The maximum absolute atomic E-state index is 12.7. The first-order chi connectivity index (χ1) is 13.9. The number of primary amides is 1. The summed E-state index contributed by atoms with van der Waals surface area (Å²) in [6.45, 7) is 4.91. The molecular weight excluding hydrogens is 390 g/mol. The Morgan fingerprint density at radius 3 is 2.83 bits per heavy atom. The molecule has 1 aliphatic heterocycles. The summed E-state index contributed by atoms with van der Waals surface area (Å²) in [5.74, 6) is -0.538. The molecular formula is C20H25N5O3S. The molecule has 3 rings (SSSR count). The quantitative estimate of drug-likeness (QED) is 0.669. The number of amides is 3. The highest BCUT2D eigenvalue weighted by atomic mass is 32.1. The van der Waals surface area contributed by atoms with E-state index in [2.05, 4.69) is 15.6 Å². The first-order valence-electron chi connectivity index (χ1n) is 9.51. The summed E-state index contributed by atoms with van der Waals surface area (Å²) in [6.07, 6.45) is 3.23. The van der Waals surface area contributed by atoms with Crippen molar-refractivity contribution in [3.63, 3.8) is 0 Å². The lowest BCUT2D eigenvalue weighted by Gasteiger charge is -2.35. The molecule has 1 fully saturated rings. The Bertz CT molecular complexity index is 913. The van der Waals surface area contributed by atoms with E-state index in [4.69, 9.17) is 5.73 Å². The van der Waals surface area contributed by atoms with E-state index in [-0.39, 0.29) is 17.7 Å². The number of pyridine rings is 1. The van der Waals surface area contributed by atoms with Crippen LogP contribution in [0.1, 0.15) is 35.7 Å². The molecule has 1 saturated heterocycles. The SMILES string of the molecule is Cc1cccnc1NC(=O)C1CCCN(C(C)C(=O)Nc2sccc2C(N)=O)C1. The maximum Gasteiger partial charge on any atom is 0.251 e. The third kappa shape index (κ3) is 4.99. The minimum absolute atomic E-state index is 0.0848. The summed E-state index contributed by atoms with van der Waals surface area (Å²) < 4.78 is 0. The molecule has 3 amide bonds. The van der Waals surface area contributed by atoms with Gasteiger partial charge in [0.2, 0.25) is 11.8 Å². The standard InChI is InChI=1S/C20H25N5O3S/c1-12-5-3-8-22-17(12)23-19(28)14-6-4-9-25(11-14)13(2)18(27)24-20-15(16(21)26)7-10-29-20/h3,5,7-8,10,13-14H,4,6,9,11H2,1-2H3,(H2,21,26)(H,24,27)(H,22,23,28). The highest BCUT2D eigenvalue weighted by molar-refractivity contribution is 7.14. The fourth-order valence-electron chi connectivity index (χ4n) is 3.39. The summed E-state index contributed by atoms with van der Waals surface area (Å²) in [4.78, 5) is 43.0. The summed E-state index contributed by atoms with van der Waals surface area (Å²) in [7, 11) is 0. The molecule has 0 bridgehead atoms. The normalized spacial score (nSPS) is 18.1. The largest absolute Gasteiger partial charge is 0.366 e. The molecule has 2 aromatic heterocycles. The number of hydrogen-bond acceptors (Lipinski definition) is 6. The second kappa shape index (κ2) is 9.15. The molecule has 0 aromatic carbocycles. The zero-order valence-corrected chi connectivity index (χ0v) is 17.3. The Hall–Kier alpha value is -2.78. The highest BCUT2D eigenvalue weighted by Crippen LogP contribution is 2.25. The van der Waals surface area contributed by atoms with Gasteiger partial charge in [-0.05, 0) is 56.3 Å². The number of likely N-dealkylation sites (tertiary alicyclic amines) is 1. The van der Waals surface area contributed by atoms with Gasteiger partial charge in [0.15, 0.2) is 0 Å². The second-order valence-corrected chi connectivity index (χ2v) is 8.10. The molecule has 2 aromatic rings. The smallest absolute Gasteiger partial charge is 0.251 e. The minimum atomic E-state index is -0.575. The van der Waals surface area contributed by atoms with Crippen LogP contribution in [-0.2, 0) is 9.59 Å². The average Bonchev–Trinajstić information content (AvgIpc) is 3.17. The van der Waals surface area contributed by atoms with Gasteiger partial charge in [0.1, 0.15) is 10.8 Å². The fraction of sp³-hybridized carbons (Fsp3) is 0.400. The number of hydrogen-bond donors (Lipinski definition) is 3. The summed E-state index contributed by atoms with van der Waals surface area (Å²) in [5.41, 5.74) is 6.54. The molecule has 8 nitrogen and oxygen atoms in total. The van der Waals surface area contributed by atoms with Crippen molar-refractivity contribution in [2.75, 3.05) is 23.7 Å². The molecule has 2 unspecified atom stereocenters. The number of aryl methyl sites for hydroxylation is 1. The van der Waals surface area contributed by atoms with E-state index in [1.165, 1.54) is 11.3 Å². The van der Waals surface area contributed by atoms with Gasteiger partial charge >= 0.3 is 0 Å². The van der Waals surface area contributed by atoms with Crippen LogP contribution in [0.5, 0.6) is 0 Å². The predicted molar refractivity (Wildman–Crippen MR) is 113 cm³/mol. The average molecular weight is 416 g/mol. The van der Waals surface area contributed by atoms with Gasteiger partial charge in [-0.15, -0.1) is 11.3 Å². The first-order valence-corrected chi connectivity index (χ1v) is 10.4. The Balaban J connectivity index is 1.61. The summed E-state index contributed by atoms with van der Waals surface area (Å²) >= 11 is 1.26.